The maximum Gasteiger partial charge on any atom is 0.253 e. The quantitative estimate of drug-likeness (QED) is 0.808. The fraction of sp³-hybridized carbons (Fsp3) is 0.462. The van der Waals surface area contributed by atoms with Crippen LogP contribution in [-0.2, 0) is 9.53 Å². The van der Waals surface area contributed by atoms with Gasteiger partial charge in [-0.05, 0) is 19.4 Å². The molecule has 1 rings (SSSR count). The van der Waals surface area contributed by atoms with Crippen LogP contribution in [0.5, 0.6) is 0 Å². The number of carbonyl (C=O) groups excluding carboxylic acids is 1. The van der Waals surface area contributed by atoms with Crippen molar-refractivity contribution in [2.24, 2.45) is 5.73 Å². The molecule has 0 saturated heterocycles. The van der Waals surface area contributed by atoms with Crippen LogP contribution in [0.25, 0.3) is 0 Å². The summed E-state index contributed by atoms with van der Waals surface area (Å²) in [5.41, 5.74) is 6.22. The Hall–Kier alpha value is -1.39. The van der Waals surface area contributed by atoms with Gasteiger partial charge in [-0.1, -0.05) is 30.3 Å². The first-order valence-electron chi connectivity index (χ1n) is 5.58. The second-order valence-electron chi connectivity index (χ2n) is 4.73. The smallest absolute Gasteiger partial charge is 0.253 e. The average molecular weight is 236 g/mol. The topological polar surface area (TPSA) is 64.3 Å². The molecule has 0 fully saturated rings. The van der Waals surface area contributed by atoms with E-state index < -0.39 is 11.6 Å². The van der Waals surface area contributed by atoms with Crippen LogP contribution in [0.3, 0.4) is 0 Å². The highest BCUT2D eigenvalue weighted by Gasteiger charge is 2.21. The Labute approximate surface area is 102 Å². The lowest BCUT2D eigenvalue weighted by Crippen LogP contribution is -2.46. The Balaban J connectivity index is 2.66. The van der Waals surface area contributed by atoms with Crippen LogP contribution in [0.1, 0.15) is 25.5 Å². The summed E-state index contributed by atoms with van der Waals surface area (Å²) in [6, 6.07) is 9.38. The third kappa shape index (κ3) is 4.54. The van der Waals surface area contributed by atoms with Crippen LogP contribution in [0, 0.1) is 0 Å². The van der Waals surface area contributed by atoms with E-state index in [-0.39, 0.29) is 5.91 Å². The summed E-state index contributed by atoms with van der Waals surface area (Å²) in [6.45, 7) is 4.13. The first-order valence-corrected chi connectivity index (χ1v) is 5.58. The Morgan fingerprint density at radius 3 is 2.47 bits per heavy atom. The van der Waals surface area contributed by atoms with Crippen LogP contribution in [0.15, 0.2) is 30.3 Å². The van der Waals surface area contributed by atoms with Gasteiger partial charge in [0.2, 0.25) is 0 Å². The zero-order chi connectivity index (χ0) is 12.9. The molecule has 1 amide bonds. The average Bonchev–Trinajstić information content (AvgIpc) is 2.28. The predicted octanol–water partition coefficient (Wildman–Crippen LogP) is 1.23. The van der Waals surface area contributed by atoms with Gasteiger partial charge in [-0.3, -0.25) is 4.79 Å². The summed E-state index contributed by atoms with van der Waals surface area (Å²) in [5, 5.41) is 2.78. The Kier molecular flexibility index (Phi) is 4.66. The van der Waals surface area contributed by atoms with Crippen molar-refractivity contribution in [1.82, 2.24) is 5.32 Å². The minimum atomic E-state index is -0.585. The fourth-order valence-electron chi connectivity index (χ4n) is 1.43. The van der Waals surface area contributed by atoms with E-state index in [1.807, 2.05) is 44.2 Å². The highest BCUT2D eigenvalue weighted by atomic mass is 16.5. The number of amides is 1. The third-order valence-electron chi connectivity index (χ3n) is 2.29. The zero-order valence-electron chi connectivity index (χ0n) is 10.6. The van der Waals surface area contributed by atoms with Gasteiger partial charge in [0, 0.05) is 19.2 Å². The molecule has 0 aliphatic rings. The van der Waals surface area contributed by atoms with E-state index in [1.165, 1.54) is 7.11 Å². The molecule has 17 heavy (non-hydrogen) atoms. The van der Waals surface area contributed by atoms with Gasteiger partial charge in [0.1, 0.15) is 0 Å². The molecule has 0 aliphatic heterocycles. The minimum Gasteiger partial charge on any atom is -0.367 e. The first-order chi connectivity index (χ1) is 7.94. The highest BCUT2D eigenvalue weighted by Crippen LogP contribution is 2.16. The first kappa shape index (κ1) is 13.7. The number of hydrogen-bond acceptors (Lipinski definition) is 3. The van der Waals surface area contributed by atoms with E-state index in [9.17, 15) is 4.79 Å². The van der Waals surface area contributed by atoms with Gasteiger partial charge >= 0.3 is 0 Å². The minimum absolute atomic E-state index is 0.169. The van der Waals surface area contributed by atoms with E-state index >= 15 is 0 Å². The van der Waals surface area contributed by atoms with E-state index in [2.05, 4.69) is 5.32 Å². The van der Waals surface area contributed by atoms with Crippen LogP contribution >= 0.6 is 0 Å². The van der Waals surface area contributed by atoms with E-state index in [0.29, 0.717) is 6.54 Å². The second-order valence-corrected chi connectivity index (χ2v) is 4.73. The SMILES string of the molecule is COC(C(=O)NCC(C)(C)N)c1ccccc1. The van der Waals surface area contributed by atoms with Crippen LogP contribution in [0.4, 0.5) is 0 Å². The summed E-state index contributed by atoms with van der Waals surface area (Å²) < 4.78 is 5.21. The van der Waals surface area contributed by atoms with E-state index in [4.69, 9.17) is 10.5 Å². The zero-order valence-corrected chi connectivity index (χ0v) is 10.6. The molecular weight excluding hydrogens is 216 g/mol. The fourth-order valence-corrected chi connectivity index (χ4v) is 1.43. The summed E-state index contributed by atoms with van der Waals surface area (Å²) in [6.07, 6.45) is -0.585. The van der Waals surface area contributed by atoms with Crippen molar-refractivity contribution in [1.29, 1.82) is 0 Å². The summed E-state index contributed by atoms with van der Waals surface area (Å²) >= 11 is 0. The van der Waals surface area contributed by atoms with E-state index in [1.54, 1.807) is 0 Å². The number of hydrogen-bond donors (Lipinski definition) is 2. The van der Waals surface area contributed by atoms with Gasteiger partial charge in [0.15, 0.2) is 6.10 Å². The lowest BCUT2D eigenvalue weighted by molar-refractivity contribution is -0.131. The lowest BCUT2D eigenvalue weighted by atomic mass is 10.1. The van der Waals surface area contributed by atoms with E-state index in [0.717, 1.165) is 5.56 Å². The van der Waals surface area contributed by atoms with Gasteiger partial charge in [-0.15, -0.1) is 0 Å². The maximum atomic E-state index is 11.9. The number of rotatable bonds is 5. The van der Waals surface area contributed by atoms with Gasteiger partial charge in [0.25, 0.3) is 5.91 Å². The number of nitrogens with two attached hydrogens (primary N) is 1. The largest absolute Gasteiger partial charge is 0.367 e. The maximum absolute atomic E-state index is 11.9. The van der Waals surface area contributed by atoms with Crippen molar-refractivity contribution in [3.8, 4) is 0 Å². The molecular formula is C13H20N2O2. The summed E-state index contributed by atoms with van der Waals surface area (Å²) in [7, 11) is 1.52. The molecule has 3 N–H and O–H groups in total. The third-order valence-corrected chi connectivity index (χ3v) is 2.29. The van der Waals surface area contributed by atoms with Crippen molar-refractivity contribution in [3.63, 3.8) is 0 Å². The van der Waals surface area contributed by atoms with Crippen LogP contribution in [-0.4, -0.2) is 25.1 Å². The molecule has 1 atom stereocenters. The van der Waals surface area contributed by atoms with Crippen LogP contribution in [0.2, 0.25) is 0 Å². The Bertz CT molecular complexity index is 357. The Morgan fingerprint density at radius 2 is 2.00 bits per heavy atom. The summed E-state index contributed by atoms with van der Waals surface area (Å²) in [4.78, 5) is 11.9. The Morgan fingerprint density at radius 1 is 1.41 bits per heavy atom. The molecule has 1 aromatic carbocycles. The molecule has 94 valence electrons. The molecule has 1 unspecified atom stereocenters. The number of methoxy groups -OCH3 is 1. The molecule has 4 nitrogen and oxygen atoms in total. The molecule has 4 heteroatoms. The van der Waals surface area contributed by atoms with Crippen molar-refractivity contribution in [2.75, 3.05) is 13.7 Å². The highest BCUT2D eigenvalue weighted by molar-refractivity contribution is 5.82. The lowest BCUT2D eigenvalue weighted by Gasteiger charge is -2.21. The molecule has 1 aromatic rings. The number of carbonyl (C=O) groups is 1. The number of benzene rings is 1. The molecule has 0 aromatic heterocycles. The van der Waals surface area contributed by atoms with Crippen LogP contribution < -0.4 is 11.1 Å². The molecule has 0 bridgehead atoms. The van der Waals surface area contributed by atoms with Gasteiger partial charge in [0.05, 0.1) is 0 Å². The summed E-state index contributed by atoms with van der Waals surface area (Å²) in [5.74, 6) is -0.169. The van der Waals surface area contributed by atoms with Gasteiger partial charge in [-0.2, -0.15) is 0 Å². The molecule has 0 aliphatic carbocycles. The van der Waals surface area contributed by atoms with Crippen molar-refractivity contribution >= 4 is 5.91 Å². The monoisotopic (exact) mass is 236 g/mol. The number of ether oxygens (including phenoxy) is 1. The molecule has 0 radical (unpaired) electrons. The van der Waals surface area contributed by atoms with Crippen molar-refractivity contribution in [2.45, 2.75) is 25.5 Å². The molecule has 0 saturated carbocycles. The molecule has 0 spiro atoms. The van der Waals surface area contributed by atoms with Gasteiger partial charge in [-0.25, -0.2) is 0 Å². The van der Waals surface area contributed by atoms with Gasteiger partial charge < -0.3 is 15.8 Å². The normalized spacial score (nSPS) is 13.2. The van der Waals surface area contributed by atoms with Crippen molar-refractivity contribution in [3.05, 3.63) is 35.9 Å². The van der Waals surface area contributed by atoms with Crippen molar-refractivity contribution < 1.29 is 9.53 Å². The second kappa shape index (κ2) is 5.80. The standard InChI is InChI=1S/C13H20N2O2/c1-13(2,14)9-15-12(16)11(17-3)10-7-5-4-6-8-10/h4-8,11H,9,14H2,1-3H3,(H,15,16). The predicted molar refractivity (Wildman–Crippen MR) is 67.5 cm³/mol. The number of nitrogens with one attached hydrogen (secondary N) is 1. The molecule has 0 heterocycles.